The Balaban J connectivity index is 3.33. The number of carbonyl (C=O) groups excluding carboxylic acids is 2. The molecule has 3 N–H and O–H groups in total. The lowest BCUT2D eigenvalue weighted by molar-refractivity contribution is -0.388. The molecule has 0 heterocycles. The smallest absolute Gasteiger partial charge is 0.460 e. The maximum Gasteiger partial charge on any atom is 0.460 e. The maximum absolute atomic E-state index is 14.0. The molecular weight excluding hydrogens is 491 g/mol. The van der Waals surface area contributed by atoms with Crippen LogP contribution < -0.4 is 11.1 Å². The highest BCUT2D eigenvalue weighted by Gasteiger charge is 2.83. The van der Waals surface area contributed by atoms with E-state index in [4.69, 9.17) is 15.2 Å². The molecule has 0 aromatic carbocycles. The number of nitrogens with one attached hydrogen (secondary N) is 1. The highest BCUT2D eigenvalue weighted by molar-refractivity contribution is 5.89. The molecule has 0 aromatic rings. The number of hydrogen-bond acceptors (Lipinski definition) is 5. The minimum absolute atomic E-state index is 0.0433. The second-order valence-electron chi connectivity index (χ2n) is 7.54. The molecule has 1 amide bonds. The van der Waals surface area contributed by atoms with Crippen molar-refractivity contribution in [1.82, 2.24) is 5.32 Å². The van der Waals surface area contributed by atoms with E-state index in [0.29, 0.717) is 12.8 Å². The van der Waals surface area contributed by atoms with Gasteiger partial charge in [-0.15, -0.1) is 0 Å². The molecule has 0 aliphatic heterocycles. The SMILES string of the molecule is CCOC(=O)C1=CC(OC(CC)CC)C(NC(=O)C(F)(F)C(F)(F)C(F)(F)C(F)(F)F)C(N)C1. The highest BCUT2D eigenvalue weighted by atomic mass is 19.4. The molecule has 3 atom stereocenters. The van der Waals surface area contributed by atoms with Crippen molar-refractivity contribution in [3.8, 4) is 0 Å². The largest absolute Gasteiger partial charge is 0.463 e. The Bertz CT molecular complexity index is 767. The van der Waals surface area contributed by atoms with Gasteiger partial charge in [0.1, 0.15) is 0 Å². The van der Waals surface area contributed by atoms with Gasteiger partial charge in [0.25, 0.3) is 5.91 Å². The van der Waals surface area contributed by atoms with Crippen LogP contribution in [0.3, 0.4) is 0 Å². The molecule has 15 heteroatoms. The number of alkyl halides is 9. The van der Waals surface area contributed by atoms with Crippen LogP contribution in [0.15, 0.2) is 11.6 Å². The molecule has 0 bridgehead atoms. The first-order valence-electron chi connectivity index (χ1n) is 10.2. The van der Waals surface area contributed by atoms with Gasteiger partial charge in [-0.2, -0.15) is 39.5 Å². The summed E-state index contributed by atoms with van der Waals surface area (Å²) in [5.74, 6) is -24.8. The summed E-state index contributed by atoms with van der Waals surface area (Å²) in [5.41, 5.74) is 5.72. The van der Waals surface area contributed by atoms with Crippen LogP contribution in [0, 0.1) is 0 Å². The van der Waals surface area contributed by atoms with Gasteiger partial charge in [0.05, 0.1) is 24.9 Å². The first-order chi connectivity index (χ1) is 15.4. The number of nitrogens with two attached hydrogens (primary N) is 1. The Labute approximate surface area is 189 Å². The lowest BCUT2D eigenvalue weighted by Crippen LogP contribution is -2.68. The van der Waals surface area contributed by atoms with Crippen molar-refractivity contribution in [2.45, 2.75) is 88.3 Å². The van der Waals surface area contributed by atoms with Crippen LogP contribution in [-0.2, 0) is 19.1 Å². The summed E-state index contributed by atoms with van der Waals surface area (Å²) in [5, 5.41) is 1.32. The molecule has 1 aliphatic rings. The third-order valence-electron chi connectivity index (χ3n) is 5.16. The quantitative estimate of drug-likeness (QED) is 0.341. The Hall–Kier alpha value is -2.03. The molecule has 0 saturated heterocycles. The number of amides is 1. The van der Waals surface area contributed by atoms with Crippen molar-refractivity contribution in [2.75, 3.05) is 6.61 Å². The summed E-state index contributed by atoms with van der Waals surface area (Å²) in [6.07, 6.45) is -7.83. The molecule has 3 unspecified atom stereocenters. The average Bonchev–Trinajstić information content (AvgIpc) is 2.72. The number of halogens is 9. The molecule has 0 saturated carbocycles. The van der Waals surface area contributed by atoms with E-state index in [1.165, 1.54) is 12.2 Å². The minimum atomic E-state index is -7.22. The van der Waals surface area contributed by atoms with E-state index in [-0.39, 0.29) is 12.2 Å². The van der Waals surface area contributed by atoms with Crippen LogP contribution in [0.25, 0.3) is 0 Å². The number of esters is 1. The van der Waals surface area contributed by atoms with Gasteiger partial charge in [0.2, 0.25) is 0 Å². The van der Waals surface area contributed by atoms with E-state index >= 15 is 0 Å². The lowest BCUT2D eigenvalue weighted by atomic mass is 9.87. The normalized spacial score (nSPS) is 22.4. The molecule has 1 aliphatic carbocycles. The van der Waals surface area contributed by atoms with Gasteiger partial charge in [-0.25, -0.2) is 4.79 Å². The predicted molar refractivity (Wildman–Crippen MR) is 99.4 cm³/mol. The summed E-state index contributed by atoms with van der Waals surface area (Å²) in [4.78, 5) is 24.0. The molecule has 0 radical (unpaired) electrons. The van der Waals surface area contributed by atoms with E-state index in [1.807, 2.05) is 0 Å². The molecular formula is C19H25F9N2O4. The van der Waals surface area contributed by atoms with Crippen molar-refractivity contribution in [2.24, 2.45) is 5.73 Å². The molecule has 0 aromatic heterocycles. The Kier molecular flexibility index (Phi) is 9.45. The zero-order chi connectivity index (χ0) is 26.7. The van der Waals surface area contributed by atoms with E-state index in [9.17, 15) is 49.1 Å². The van der Waals surface area contributed by atoms with Crippen molar-refractivity contribution >= 4 is 11.9 Å². The monoisotopic (exact) mass is 516 g/mol. The molecule has 198 valence electrons. The maximum atomic E-state index is 14.0. The highest BCUT2D eigenvalue weighted by Crippen LogP contribution is 2.53. The third-order valence-corrected chi connectivity index (χ3v) is 5.16. The molecule has 34 heavy (non-hydrogen) atoms. The zero-order valence-corrected chi connectivity index (χ0v) is 18.3. The van der Waals surface area contributed by atoms with E-state index in [1.54, 1.807) is 13.8 Å². The Morgan fingerprint density at radius 1 is 1.03 bits per heavy atom. The number of rotatable bonds is 10. The minimum Gasteiger partial charge on any atom is -0.463 e. The van der Waals surface area contributed by atoms with Gasteiger partial charge in [-0.1, -0.05) is 13.8 Å². The lowest BCUT2D eigenvalue weighted by Gasteiger charge is -2.38. The molecule has 0 spiro atoms. The van der Waals surface area contributed by atoms with Crippen molar-refractivity contribution < 1.29 is 58.6 Å². The van der Waals surface area contributed by atoms with E-state index < -0.39 is 66.5 Å². The number of ether oxygens (including phenoxy) is 2. The average molecular weight is 516 g/mol. The molecule has 6 nitrogen and oxygen atoms in total. The third kappa shape index (κ3) is 5.78. The second-order valence-corrected chi connectivity index (χ2v) is 7.54. The van der Waals surface area contributed by atoms with Crippen LogP contribution in [-0.4, -0.2) is 66.7 Å². The summed E-state index contributed by atoms with van der Waals surface area (Å²) < 4.78 is 129. The van der Waals surface area contributed by atoms with Gasteiger partial charge >= 0.3 is 29.9 Å². The van der Waals surface area contributed by atoms with Crippen molar-refractivity contribution in [3.05, 3.63) is 11.6 Å². The summed E-state index contributed by atoms with van der Waals surface area (Å²) >= 11 is 0. The zero-order valence-electron chi connectivity index (χ0n) is 18.3. The van der Waals surface area contributed by atoms with Crippen molar-refractivity contribution in [3.63, 3.8) is 0 Å². The first kappa shape index (κ1) is 30.0. The number of hydrogen-bond donors (Lipinski definition) is 2. The van der Waals surface area contributed by atoms with Crippen LogP contribution >= 0.6 is 0 Å². The molecule has 0 fully saturated rings. The van der Waals surface area contributed by atoms with Crippen LogP contribution in [0.1, 0.15) is 40.0 Å². The summed E-state index contributed by atoms with van der Waals surface area (Å²) in [7, 11) is 0. The summed E-state index contributed by atoms with van der Waals surface area (Å²) in [6, 6.07) is -3.22. The van der Waals surface area contributed by atoms with Crippen LogP contribution in [0.4, 0.5) is 39.5 Å². The Morgan fingerprint density at radius 3 is 2.00 bits per heavy atom. The van der Waals surface area contributed by atoms with Crippen molar-refractivity contribution in [1.29, 1.82) is 0 Å². The topological polar surface area (TPSA) is 90.6 Å². The predicted octanol–water partition coefficient (Wildman–Crippen LogP) is 3.73. The van der Waals surface area contributed by atoms with Crippen LogP contribution in [0.5, 0.6) is 0 Å². The van der Waals surface area contributed by atoms with Crippen LogP contribution in [0.2, 0.25) is 0 Å². The van der Waals surface area contributed by atoms with Gasteiger partial charge in [-0.3, -0.25) is 4.79 Å². The summed E-state index contributed by atoms with van der Waals surface area (Å²) in [6.45, 7) is 4.77. The van der Waals surface area contributed by atoms with Gasteiger partial charge in [0.15, 0.2) is 0 Å². The second kappa shape index (κ2) is 10.7. The van der Waals surface area contributed by atoms with Gasteiger partial charge < -0.3 is 20.5 Å². The fourth-order valence-electron chi connectivity index (χ4n) is 3.15. The Morgan fingerprint density at radius 2 is 1.56 bits per heavy atom. The van der Waals surface area contributed by atoms with E-state index in [0.717, 1.165) is 6.08 Å². The molecule has 1 rings (SSSR count). The van der Waals surface area contributed by atoms with Gasteiger partial charge in [0, 0.05) is 11.6 Å². The first-order valence-corrected chi connectivity index (χ1v) is 10.2. The standard InChI is InChI=1S/C19H25F9N2O4/c1-4-10(5-2)34-12-8-9(14(31)33-6-3)7-11(29)13(12)30-15(32)16(20,21)17(22,23)18(24,25)19(26,27)28/h8,10-13H,4-7,29H2,1-3H3,(H,30,32). The number of carbonyl (C=O) groups is 2. The fraction of sp³-hybridized carbons (Fsp3) is 0.789. The van der Waals surface area contributed by atoms with Gasteiger partial charge in [-0.05, 0) is 32.3 Å². The fourth-order valence-corrected chi connectivity index (χ4v) is 3.15. The van der Waals surface area contributed by atoms with E-state index in [2.05, 4.69) is 0 Å².